The van der Waals surface area contributed by atoms with Gasteiger partial charge in [-0.15, -0.1) is 0 Å². The number of carbonyl (C=O) groups excluding carboxylic acids is 1. The standard InChI is InChI=1S/C21H26ClNO3/c1-3-17(12-15(2)13-24)23-21(25)18-9-5-7-11-20(18)26-14-16-8-4-6-10-19(16)22/h4-11,15,17,24H,3,12-14H2,1-2H3,(H,23,25)/t15-,17-/m0/s1. The van der Waals surface area contributed by atoms with Gasteiger partial charge in [-0.3, -0.25) is 4.79 Å². The van der Waals surface area contributed by atoms with Gasteiger partial charge in [0.05, 0.1) is 5.56 Å². The fraction of sp³-hybridized carbons (Fsp3) is 0.381. The highest BCUT2D eigenvalue weighted by molar-refractivity contribution is 6.31. The molecule has 2 atom stereocenters. The quantitative estimate of drug-likeness (QED) is 0.680. The van der Waals surface area contributed by atoms with E-state index < -0.39 is 0 Å². The molecule has 1 amide bonds. The van der Waals surface area contributed by atoms with Crippen molar-refractivity contribution in [2.75, 3.05) is 6.61 Å². The fourth-order valence-corrected chi connectivity index (χ4v) is 2.89. The summed E-state index contributed by atoms with van der Waals surface area (Å²) in [6.07, 6.45) is 1.54. The number of aliphatic hydroxyl groups is 1. The highest BCUT2D eigenvalue weighted by atomic mass is 35.5. The Bertz CT molecular complexity index is 720. The highest BCUT2D eigenvalue weighted by Gasteiger charge is 2.18. The van der Waals surface area contributed by atoms with Gasteiger partial charge in [0.1, 0.15) is 12.4 Å². The molecule has 0 heterocycles. The normalized spacial score (nSPS) is 13.1. The largest absolute Gasteiger partial charge is 0.488 e. The average Bonchev–Trinajstić information content (AvgIpc) is 2.66. The van der Waals surface area contributed by atoms with Crippen molar-refractivity contribution in [2.45, 2.75) is 39.3 Å². The Kier molecular flexibility index (Phi) is 7.95. The number of aliphatic hydroxyl groups excluding tert-OH is 1. The molecule has 26 heavy (non-hydrogen) atoms. The molecular weight excluding hydrogens is 350 g/mol. The van der Waals surface area contributed by atoms with E-state index in [4.69, 9.17) is 16.3 Å². The van der Waals surface area contributed by atoms with Crippen molar-refractivity contribution in [1.29, 1.82) is 0 Å². The third kappa shape index (κ3) is 5.75. The third-order valence-corrected chi connectivity index (χ3v) is 4.67. The molecule has 0 saturated carbocycles. The van der Waals surface area contributed by atoms with Crippen molar-refractivity contribution in [3.05, 3.63) is 64.7 Å². The Morgan fingerprint density at radius 1 is 1.19 bits per heavy atom. The second kappa shape index (κ2) is 10.2. The predicted octanol–water partition coefficient (Wildman–Crippen LogP) is 4.45. The topological polar surface area (TPSA) is 58.6 Å². The molecule has 0 spiro atoms. The van der Waals surface area contributed by atoms with Gasteiger partial charge in [0.25, 0.3) is 5.91 Å². The van der Waals surface area contributed by atoms with E-state index in [1.54, 1.807) is 12.1 Å². The molecule has 2 N–H and O–H groups in total. The van der Waals surface area contributed by atoms with Gasteiger partial charge >= 0.3 is 0 Å². The number of rotatable bonds is 9. The summed E-state index contributed by atoms with van der Waals surface area (Å²) in [6.45, 7) is 4.40. The Morgan fingerprint density at radius 2 is 1.88 bits per heavy atom. The minimum atomic E-state index is -0.170. The lowest BCUT2D eigenvalue weighted by molar-refractivity contribution is 0.0921. The molecule has 0 aliphatic rings. The van der Waals surface area contributed by atoms with Gasteiger partial charge in [-0.05, 0) is 37.0 Å². The van der Waals surface area contributed by atoms with Crippen LogP contribution < -0.4 is 10.1 Å². The molecule has 0 radical (unpaired) electrons. The summed E-state index contributed by atoms with van der Waals surface area (Å²) in [5, 5.41) is 12.9. The lowest BCUT2D eigenvalue weighted by Gasteiger charge is -2.21. The molecular formula is C21H26ClNO3. The minimum Gasteiger partial charge on any atom is -0.488 e. The van der Waals surface area contributed by atoms with Crippen molar-refractivity contribution in [3.8, 4) is 5.75 Å². The second-order valence-electron chi connectivity index (χ2n) is 6.48. The van der Waals surface area contributed by atoms with Crippen molar-refractivity contribution in [2.24, 2.45) is 5.92 Å². The van der Waals surface area contributed by atoms with Gasteiger partial charge in [0.2, 0.25) is 0 Å². The van der Waals surface area contributed by atoms with Crippen LogP contribution in [0.2, 0.25) is 5.02 Å². The number of nitrogens with one attached hydrogen (secondary N) is 1. The maximum absolute atomic E-state index is 12.7. The van der Waals surface area contributed by atoms with Gasteiger partial charge in [-0.2, -0.15) is 0 Å². The first-order chi connectivity index (χ1) is 12.5. The van der Waals surface area contributed by atoms with Crippen LogP contribution in [0.15, 0.2) is 48.5 Å². The van der Waals surface area contributed by atoms with E-state index in [-0.39, 0.29) is 24.5 Å². The number of halogens is 1. The van der Waals surface area contributed by atoms with E-state index in [1.807, 2.05) is 50.2 Å². The zero-order valence-electron chi connectivity index (χ0n) is 15.2. The first-order valence-electron chi connectivity index (χ1n) is 8.92. The van der Waals surface area contributed by atoms with E-state index in [2.05, 4.69) is 5.32 Å². The van der Waals surface area contributed by atoms with Gasteiger partial charge in [-0.1, -0.05) is 55.8 Å². The number of hydrogen-bond acceptors (Lipinski definition) is 3. The summed E-state index contributed by atoms with van der Waals surface area (Å²) in [5.74, 6) is 0.499. The van der Waals surface area contributed by atoms with Crippen LogP contribution in [-0.2, 0) is 6.61 Å². The Hall–Kier alpha value is -2.04. The molecule has 0 aliphatic carbocycles. The monoisotopic (exact) mass is 375 g/mol. The molecule has 0 bridgehead atoms. The first kappa shape index (κ1) is 20.3. The summed E-state index contributed by atoms with van der Waals surface area (Å²) >= 11 is 6.16. The van der Waals surface area contributed by atoms with Crippen LogP contribution in [0.25, 0.3) is 0 Å². The summed E-state index contributed by atoms with van der Waals surface area (Å²) in [7, 11) is 0. The number of hydrogen-bond donors (Lipinski definition) is 2. The second-order valence-corrected chi connectivity index (χ2v) is 6.89. The van der Waals surface area contributed by atoms with E-state index in [0.717, 1.165) is 18.4 Å². The third-order valence-electron chi connectivity index (χ3n) is 4.30. The maximum Gasteiger partial charge on any atom is 0.255 e. The van der Waals surface area contributed by atoms with Crippen molar-refractivity contribution < 1.29 is 14.6 Å². The molecule has 2 aromatic rings. The molecule has 4 nitrogen and oxygen atoms in total. The van der Waals surface area contributed by atoms with E-state index in [0.29, 0.717) is 22.9 Å². The number of amides is 1. The summed E-state index contributed by atoms with van der Waals surface area (Å²) in [6, 6.07) is 14.7. The molecule has 140 valence electrons. The number of carbonyl (C=O) groups is 1. The molecule has 0 aromatic heterocycles. The van der Waals surface area contributed by atoms with Crippen LogP contribution in [0.5, 0.6) is 5.75 Å². The van der Waals surface area contributed by atoms with Crippen LogP contribution in [0.3, 0.4) is 0 Å². The molecule has 0 aliphatic heterocycles. The van der Waals surface area contributed by atoms with E-state index >= 15 is 0 Å². The van der Waals surface area contributed by atoms with Crippen LogP contribution in [-0.4, -0.2) is 23.7 Å². The Labute approximate surface area is 160 Å². The summed E-state index contributed by atoms with van der Waals surface area (Å²) < 4.78 is 5.86. The number of para-hydroxylation sites is 1. The summed E-state index contributed by atoms with van der Waals surface area (Å²) in [4.78, 5) is 12.7. The predicted molar refractivity (Wildman–Crippen MR) is 105 cm³/mol. The number of benzene rings is 2. The Balaban J connectivity index is 2.07. The van der Waals surface area contributed by atoms with Crippen molar-refractivity contribution in [3.63, 3.8) is 0 Å². The van der Waals surface area contributed by atoms with Crippen LogP contribution in [0.1, 0.15) is 42.6 Å². The molecule has 0 saturated heterocycles. The average molecular weight is 376 g/mol. The Morgan fingerprint density at radius 3 is 2.58 bits per heavy atom. The van der Waals surface area contributed by atoms with Gasteiger partial charge in [0, 0.05) is 23.2 Å². The number of ether oxygens (including phenoxy) is 1. The first-order valence-corrected chi connectivity index (χ1v) is 9.29. The van der Waals surface area contributed by atoms with E-state index in [1.165, 1.54) is 0 Å². The zero-order chi connectivity index (χ0) is 18.9. The van der Waals surface area contributed by atoms with E-state index in [9.17, 15) is 9.90 Å². The smallest absolute Gasteiger partial charge is 0.255 e. The lowest BCUT2D eigenvalue weighted by atomic mass is 10.0. The maximum atomic E-state index is 12.7. The lowest BCUT2D eigenvalue weighted by Crippen LogP contribution is -2.36. The fourth-order valence-electron chi connectivity index (χ4n) is 2.70. The minimum absolute atomic E-state index is 0.0151. The van der Waals surface area contributed by atoms with Crippen LogP contribution in [0, 0.1) is 5.92 Å². The van der Waals surface area contributed by atoms with Crippen LogP contribution in [0.4, 0.5) is 0 Å². The summed E-state index contributed by atoms with van der Waals surface area (Å²) in [5.41, 5.74) is 1.36. The zero-order valence-corrected chi connectivity index (χ0v) is 16.0. The molecule has 5 heteroatoms. The molecule has 2 aromatic carbocycles. The highest BCUT2D eigenvalue weighted by Crippen LogP contribution is 2.22. The van der Waals surface area contributed by atoms with Crippen molar-refractivity contribution in [1.82, 2.24) is 5.32 Å². The SMILES string of the molecule is CC[C@@H](C[C@H](C)CO)NC(=O)c1ccccc1OCc1ccccc1Cl. The van der Waals surface area contributed by atoms with Gasteiger partial charge < -0.3 is 15.2 Å². The molecule has 2 rings (SSSR count). The van der Waals surface area contributed by atoms with Gasteiger partial charge in [0.15, 0.2) is 0 Å². The van der Waals surface area contributed by atoms with Crippen LogP contribution >= 0.6 is 11.6 Å². The van der Waals surface area contributed by atoms with Gasteiger partial charge in [-0.25, -0.2) is 0 Å². The molecule has 0 unspecified atom stereocenters. The van der Waals surface area contributed by atoms with Crippen molar-refractivity contribution >= 4 is 17.5 Å². The molecule has 0 fully saturated rings.